The monoisotopic (exact) mass is 323 g/mol. The molecule has 2 aromatic heterocycles. The summed E-state index contributed by atoms with van der Waals surface area (Å²) >= 11 is 8.75. The SMILES string of the molecule is CCCc1[nH]c(-c2cc(C)ccn2)nc(=S)c1Br. The molecule has 0 radical (unpaired) electrons. The smallest absolute Gasteiger partial charge is 0.157 e. The Balaban J connectivity index is 2.55. The predicted octanol–water partition coefficient (Wildman–Crippen LogP) is 4.22. The number of aromatic nitrogens is 3. The number of nitrogens with one attached hydrogen (secondary N) is 1. The Morgan fingerprint density at radius 3 is 2.89 bits per heavy atom. The molecule has 0 aliphatic rings. The van der Waals surface area contributed by atoms with Crippen LogP contribution in [0.25, 0.3) is 11.5 Å². The number of hydrogen-bond acceptors (Lipinski definition) is 3. The third-order valence-electron chi connectivity index (χ3n) is 2.59. The van der Waals surface area contributed by atoms with E-state index in [0.29, 0.717) is 4.64 Å². The van der Waals surface area contributed by atoms with E-state index in [1.807, 2.05) is 19.1 Å². The van der Waals surface area contributed by atoms with Gasteiger partial charge in [-0.1, -0.05) is 25.6 Å². The molecule has 3 nitrogen and oxygen atoms in total. The number of halogens is 1. The third kappa shape index (κ3) is 2.84. The van der Waals surface area contributed by atoms with E-state index in [2.05, 4.69) is 37.8 Å². The van der Waals surface area contributed by atoms with Crippen LogP contribution in [-0.2, 0) is 6.42 Å². The second kappa shape index (κ2) is 5.71. The molecule has 0 saturated heterocycles. The van der Waals surface area contributed by atoms with Crippen LogP contribution in [0.2, 0.25) is 0 Å². The fourth-order valence-corrected chi connectivity index (χ4v) is 2.32. The van der Waals surface area contributed by atoms with E-state index >= 15 is 0 Å². The summed E-state index contributed by atoms with van der Waals surface area (Å²) in [6.07, 6.45) is 3.77. The van der Waals surface area contributed by atoms with E-state index in [-0.39, 0.29) is 0 Å². The molecule has 0 atom stereocenters. The van der Waals surface area contributed by atoms with Gasteiger partial charge in [-0.2, -0.15) is 0 Å². The summed E-state index contributed by atoms with van der Waals surface area (Å²) in [5.74, 6) is 0.732. The number of nitrogens with zero attached hydrogens (tertiary/aromatic N) is 2. The molecule has 5 heteroatoms. The summed E-state index contributed by atoms with van der Waals surface area (Å²) < 4.78 is 1.46. The molecule has 0 saturated carbocycles. The van der Waals surface area contributed by atoms with Crippen LogP contribution in [0.15, 0.2) is 22.8 Å². The number of aryl methyl sites for hydroxylation is 2. The van der Waals surface area contributed by atoms with Gasteiger partial charge in [0.2, 0.25) is 0 Å². The minimum absolute atomic E-state index is 0.579. The van der Waals surface area contributed by atoms with Crippen molar-refractivity contribution in [1.29, 1.82) is 0 Å². The highest BCUT2D eigenvalue weighted by atomic mass is 79.9. The van der Waals surface area contributed by atoms with Crippen LogP contribution in [0.3, 0.4) is 0 Å². The second-order valence-corrected chi connectivity index (χ2v) is 5.33. The van der Waals surface area contributed by atoms with Crippen molar-refractivity contribution in [1.82, 2.24) is 15.0 Å². The largest absolute Gasteiger partial charge is 0.341 e. The molecule has 0 amide bonds. The van der Waals surface area contributed by atoms with E-state index in [4.69, 9.17) is 12.2 Å². The van der Waals surface area contributed by atoms with Gasteiger partial charge in [0.1, 0.15) is 10.3 Å². The zero-order chi connectivity index (χ0) is 13.1. The fraction of sp³-hybridized carbons (Fsp3) is 0.308. The van der Waals surface area contributed by atoms with E-state index < -0.39 is 0 Å². The first-order chi connectivity index (χ1) is 8.61. The second-order valence-electron chi connectivity index (χ2n) is 4.15. The van der Waals surface area contributed by atoms with Gasteiger partial charge in [0.05, 0.1) is 4.47 Å². The van der Waals surface area contributed by atoms with Gasteiger partial charge < -0.3 is 4.98 Å². The van der Waals surface area contributed by atoms with Gasteiger partial charge in [-0.25, -0.2) is 4.98 Å². The predicted molar refractivity (Wildman–Crippen MR) is 79.1 cm³/mol. The maximum absolute atomic E-state index is 5.27. The lowest BCUT2D eigenvalue weighted by Gasteiger charge is -2.07. The fourth-order valence-electron chi connectivity index (χ4n) is 1.71. The maximum atomic E-state index is 5.27. The molecule has 0 aliphatic carbocycles. The lowest BCUT2D eigenvalue weighted by atomic mass is 10.2. The molecule has 0 aliphatic heterocycles. The molecular formula is C13H14BrN3S. The maximum Gasteiger partial charge on any atom is 0.157 e. The molecule has 0 aromatic carbocycles. The summed E-state index contributed by atoms with van der Waals surface area (Å²) in [6.45, 7) is 4.17. The van der Waals surface area contributed by atoms with E-state index in [1.54, 1.807) is 6.20 Å². The quantitative estimate of drug-likeness (QED) is 0.859. The van der Waals surface area contributed by atoms with Crippen LogP contribution in [0.1, 0.15) is 24.6 Å². The molecule has 0 fully saturated rings. The summed E-state index contributed by atoms with van der Waals surface area (Å²) in [6, 6.07) is 3.96. The highest BCUT2D eigenvalue weighted by Crippen LogP contribution is 2.21. The normalized spacial score (nSPS) is 10.6. The molecule has 0 bridgehead atoms. The minimum atomic E-state index is 0.579. The van der Waals surface area contributed by atoms with Crippen LogP contribution < -0.4 is 0 Å². The summed E-state index contributed by atoms with van der Waals surface area (Å²) in [5, 5.41) is 0. The van der Waals surface area contributed by atoms with Gasteiger partial charge in [-0.3, -0.25) is 4.98 Å². The number of aromatic amines is 1. The molecule has 94 valence electrons. The van der Waals surface area contributed by atoms with Crippen molar-refractivity contribution in [3.8, 4) is 11.5 Å². The minimum Gasteiger partial charge on any atom is -0.341 e. The van der Waals surface area contributed by atoms with Crippen molar-refractivity contribution in [2.24, 2.45) is 0 Å². The molecule has 0 spiro atoms. The Bertz CT molecular complexity index is 622. The Morgan fingerprint density at radius 1 is 1.44 bits per heavy atom. The van der Waals surface area contributed by atoms with Crippen LogP contribution in [0.5, 0.6) is 0 Å². The molecule has 1 N–H and O–H groups in total. The Hall–Kier alpha value is -1.07. The van der Waals surface area contributed by atoms with Gasteiger partial charge in [0.25, 0.3) is 0 Å². The van der Waals surface area contributed by atoms with Gasteiger partial charge in [0, 0.05) is 11.9 Å². The number of rotatable bonds is 3. The zero-order valence-corrected chi connectivity index (χ0v) is 12.7. The average molecular weight is 324 g/mol. The average Bonchev–Trinajstić information content (AvgIpc) is 2.35. The highest BCUT2D eigenvalue weighted by molar-refractivity contribution is 9.10. The van der Waals surface area contributed by atoms with E-state index in [1.165, 1.54) is 0 Å². The van der Waals surface area contributed by atoms with Crippen molar-refractivity contribution < 1.29 is 0 Å². The van der Waals surface area contributed by atoms with Crippen LogP contribution >= 0.6 is 28.1 Å². The van der Waals surface area contributed by atoms with Gasteiger partial charge in [-0.05, 0) is 47.0 Å². The lowest BCUT2D eigenvalue weighted by Crippen LogP contribution is -1.99. The molecule has 0 unspecified atom stereocenters. The van der Waals surface area contributed by atoms with Crippen molar-refractivity contribution >= 4 is 28.1 Å². The van der Waals surface area contributed by atoms with Crippen molar-refractivity contribution in [2.45, 2.75) is 26.7 Å². The first-order valence-corrected chi connectivity index (χ1v) is 7.03. The molecule has 2 heterocycles. The van der Waals surface area contributed by atoms with E-state index in [0.717, 1.165) is 40.1 Å². The lowest BCUT2D eigenvalue weighted by molar-refractivity contribution is 0.864. The van der Waals surface area contributed by atoms with Crippen LogP contribution in [0, 0.1) is 11.6 Å². The van der Waals surface area contributed by atoms with Crippen LogP contribution in [0.4, 0.5) is 0 Å². The first-order valence-electron chi connectivity index (χ1n) is 5.83. The summed E-state index contributed by atoms with van der Waals surface area (Å²) in [4.78, 5) is 12.0. The zero-order valence-electron chi connectivity index (χ0n) is 10.3. The van der Waals surface area contributed by atoms with E-state index in [9.17, 15) is 0 Å². The molecule has 2 rings (SSSR count). The summed E-state index contributed by atoms with van der Waals surface area (Å²) in [7, 11) is 0. The highest BCUT2D eigenvalue weighted by Gasteiger charge is 2.08. The van der Waals surface area contributed by atoms with Gasteiger partial charge in [-0.15, -0.1) is 0 Å². The Morgan fingerprint density at radius 2 is 2.22 bits per heavy atom. The number of hydrogen-bond donors (Lipinski definition) is 1. The third-order valence-corrected chi connectivity index (χ3v) is 4.01. The molecule has 18 heavy (non-hydrogen) atoms. The molecule has 2 aromatic rings. The topological polar surface area (TPSA) is 41.6 Å². The number of H-pyrrole nitrogens is 1. The summed E-state index contributed by atoms with van der Waals surface area (Å²) in [5.41, 5.74) is 3.06. The number of pyridine rings is 1. The Labute approximate surface area is 120 Å². The first kappa shape index (κ1) is 13.4. The van der Waals surface area contributed by atoms with Gasteiger partial charge >= 0.3 is 0 Å². The van der Waals surface area contributed by atoms with Gasteiger partial charge in [0.15, 0.2) is 5.82 Å². The molecular weight excluding hydrogens is 310 g/mol. The van der Waals surface area contributed by atoms with Crippen LogP contribution in [-0.4, -0.2) is 15.0 Å². The standard InChI is InChI=1S/C13H14BrN3S/c1-3-4-9-11(14)13(18)17-12(16-9)10-7-8(2)5-6-15-10/h5-7H,3-4H2,1-2H3,(H,16,17,18). The van der Waals surface area contributed by atoms with Crippen molar-refractivity contribution in [2.75, 3.05) is 0 Å². The van der Waals surface area contributed by atoms with Crippen molar-refractivity contribution in [3.05, 3.63) is 38.7 Å². The van der Waals surface area contributed by atoms with Crippen molar-refractivity contribution in [3.63, 3.8) is 0 Å². The Kier molecular flexibility index (Phi) is 4.24.